The Morgan fingerprint density at radius 2 is 2.08 bits per heavy atom. The van der Waals surface area contributed by atoms with Crippen LogP contribution in [0.15, 0.2) is 18.2 Å². The molecule has 67 valence electrons. The van der Waals surface area contributed by atoms with Crippen molar-refractivity contribution < 1.29 is 4.79 Å². The van der Waals surface area contributed by atoms with Crippen molar-refractivity contribution in [2.75, 3.05) is 16.5 Å². The van der Waals surface area contributed by atoms with Gasteiger partial charge in [0.1, 0.15) is 6.67 Å². The standard InChI is InChI=1S/C9H8ClN2O/c10-4-9(13)6-1-2-7-8(3-6)12-5-11-7/h1-3,5,11-12H,4H2. The molecule has 1 aromatic carbocycles. The van der Waals surface area contributed by atoms with Crippen LogP contribution in [0.4, 0.5) is 11.4 Å². The quantitative estimate of drug-likeness (QED) is 0.561. The first kappa shape index (κ1) is 8.38. The van der Waals surface area contributed by atoms with Gasteiger partial charge in [0.25, 0.3) is 0 Å². The van der Waals surface area contributed by atoms with Gasteiger partial charge in [-0.25, -0.2) is 0 Å². The van der Waals surface area contributed by atoms with E-state index in [1.807, 2.05) is 6.07 Å². The van der Waals surface area contributed by atoms with Gasteiger partial charge in [0, 0.05) is 5.56 Å². The number of halogens is 1. The third-order valence-corrected chi connectivity index (χ3v) is 2.16. The van der Waals surface area contributed by atoms with E-state index in [9.17, 15) is 4.79 Å². The highest BCUT2D eigenvalue weighted by Crippen LogP contribution is 2.28. The SMILES string of the molecule is O=C(CCl)c1ccc2c(c1)N[CH]N2. The number of Topliss-reactive ketones (excluding diaryl/α,β-unsaturated/α-hetero) is 1. The topological polar surface area (TPSA) is 41.1 Å². The number of alkyl halides is 1. The van der Waals surface area contributed by atoms with Gasteiger partial charge < -0.3 is 10.6 Å². The van der Waals surface area contributed by atoms with Crippen molar-refractivity contribution in [2.45, 2.75) is 0 Å². The van der Waals surface area contributed by atoms with Gasteiger partial charge in [0.15, 0.2) is 5.78 Å². The molecule has 13 heavy (non-hydrogen) atoms. The third kappa shape index (κ3) is 1.47. The number of anilines is 2. The van der Waals surface area contributed by atoms with Gasteiger partial charge in [-0.05, 0) is 18.2 Å². The normalized spacial score (nSPS) is 13.0. The maximum Gasteiger partial charge on any atom is 0.177 e. The number of carbonyl (C=O) groups is 1. The Bertz CT molecular complexity index is 351. The van der Waals surface area contributed by atoms with Crippen molar-refractivity contribution in [3.63, 3.8) is 0 Å². The number of rotatable bonds is 2. The lowest BCUT2D eigenvalue weighted by molar-refractivity contribution is 0.102. The second-order valence-electron chi connectivity index (χ2n) is 2.75. The van der Waals surface area contributed by atoms with Crippen molar-refractivity contribution in [3.05, 3.63) is 30.4 Å². The molecule has 1 aliphatic rings. The summed E-state index contributed by atoms with van der Waals surface area (Å²) < 4.78 is 0. The summed E-state index contributed by atoms with van der Waals surface area (Å²) >= 11 is 5.44. The fourth-order valence-corrected chi connectivity index (χ4v) is 1.39. The lowest BCUT2D eigenvalue weighted by atomic mass is 10.1. The van der Waals surface area contributed by atoms with Crippen LogP contribution in [0, 0.1) is 6.67 Å². The Labute approximate surface area is 81.1 Å². The number of fused-ring (bicyclic) bond motifs is 1. The predicted molar refractivity (Wildman–Crippen MR) is 53.0 cm³/mol. The first-order valence-corrected chi connectivity index (χ1v) is 4.42. The minimum Gasteiger partial charge on any atom is -0.360 e. The maximum absolute atomic E-state index is 11.2. The van der Waals surface area contributed by atoms with Crippen LogP contribution in [-0.2, 0) is 0 Å². The van der Waals surface area contributed by atoms with Crippen molar-refractivity contribution in [2.24, 2.45) is 0 Å². The van der Waals surface area contributed by atoms with E-state index in [0.717, 1.165) is 11.4 Å². The van der Waals surface area contributed by atoms with E-state index in [2.05, 4.69) is 10.6 Å². The van der Waals surface area contributed by atoms with Gasteiger partial charge in [-0.3, -0.25) is 4.79 Å². The lowest BCUT2D eigenvalue weighted by Crippen LogP contribution is -1.99. The van der Waals surface area contributed by atoms with Crippen LogP contribution >= 0.6 is 11.6 Å². The van der Waals surface area contributed by atoms with Crippen molar-refractivity contribution in [1.29, 1.82) is 0 Å². The molecule has 0 saturated heterocycles. The smallest absolute Gasteiger partial charge is 0.177 e. The van der Waals surface area contributed by atoms with Crippen molar-refractivity contribution in [3.8, 4) is 0 Å². The number of benzene rings is 1. The van der Waals surface area contributed by atoms with E-state index >= 15 is 0 Å². The summed E-state index contributed by atoms with van der Waals surface area (Å²) in [5.74, 6) is -0.0335. The highest BCUT2D eigenvalue weighted by atomic mass is 35.5. The summed E-state index contributed by atoms with van der Waals surface area (Å²) in [6.45, 7) is 1.72. The molecule has 0 bridgehead atoms. The van der Waals surface area contributed by atoms with Crippen LogP contribution < -0.4 is 10.6 Å². The minimum atomic E-state index is -0.0573. The number of ketones is 1. The monoisotopic (exact) mass is 195 g/mol. The molecular weight excluding hydrogens is 188 g/mol. The molecular formula is C9H8ClN2O. The largest absolute Gasteiger partial charge is 0.360 e. The Kier molecular flexibility index (Phi) is 2.10. The number of nitrogens with one attached hydrogen (secondary N) is 2. The van der Waals surface area contributed by atoms with E-state index in [1.165, 1.54) is 0 Å². The Morgan fingerprint density at radius 3 is 2.85 bits per heavy atom. The van der Waals surface area contributed by atoms with E-state index in [4.69, 9.17) is 11.6 Å². The molecule has 0 unspecified atom stereocenters. The average Bonchev–Trinajstić information content (AvgIpc) is 2.63. The molecule has 0 atom stereocenters. The molecule has 0 saturated carbocycles. The molecule has 0 aliphatic carbocycles. The van der Waals surface area contributed by atoms with Gasteiger partial charge in [0.05, 0.1) is 17.3 Å². The van der Waals surface area contributed by atoms with Crippen LogP contribution in [0.25, 0.3) is 0 Å². The molecule has 1 aromatic rings. The van der Waals surface area contributed by atoms with Gasteiger partial charge in [-0.15, -0.1) is 11.6 Å². The molecule has 0 fully saturated rings. The Hall–Kier alpha value is -1.22. The van der Waals surface area contributed by atoms with Crippen molar-refractivity contribution in [1.82, 2.24) is 0 Å². The maximum atomic E-state index is 11.2. The molecule has 2 N–H and O–H groups in total. The zero-order valence-corrected chi connectivity index (χ0v) is 7.56. The van der Waals surface area contributed by atoms with E-state index < -0.39 is 0 Å². The summed E-state index contributed by atoms with van der Waals surface area (Å²) in [6.07, 6.45) is 0. The molecule has 3 nitrogen and oxygen atoms in total. The first-order valence-electron chi connectivity index (χ1n) is 3.89. The van der Waals surface area contributed by atoms with E-state index in [0.29, 0.717) is 5.56 Å². The second-order valence-corrected chi connectivity index (χ2v) is 3.02. The molecule has 0 amide bonds. The summed E-state index contributed by atoms with van der Waals surface area (Å²) in [7, 11) is 0. The first-order chi connectivity index (χ1) is 6.31. The lowest BCUT2D eigenvalue weighted by Gasteiger charge is -2.01. The number of hydrogen-bond acceptors (Lipinski definition) is 3. The van der Waals surface area contributed by atoms with Gasteiger partial charge in [0.2, 0.25) is 0 Å². The van der Waals surface area contributed by atoms with Crippen LogP contribution in [0.2, 0.25) is 0 Å². The molecule has 0 aromatic heterocycles. The molecule has 1 heterocycles. The molecule has 2 rings (SSSR count). The predicted octanol–water partition coefficient (Wildman–Crippen LogP) is 2.06. The molecule has 1 radical (unpaired) electrons. The summed E-state index contributed by atoms with van der Waals surface area (Å²) in [6, 6.07) is 5.40. The zero-order valence-electron chi connectivity index (χ0n) is 6.80. The molecule has 4 heteroatoms. The van der Waals surface area contributed by atoms with E-state index in [1.54, 1.807) is 18.8 Å². The van der Waals surface area contributed by atoms with Crippen molar-refractivity contribution >= 4 is 28.8 Å². The molecule has 0 spiro atoms. The highest BCUT2D eigenvalue weighted by molar-refractivity contribution is 6.30. The van der Waals surface area contributed by atoms with Gasteiger partial charge in [-0.1, -0.05) is 0 Å². The average molecular weight is 196 g/mol. The second kappa shape index (κ2) is 3.26. The fraction of sp³-hybridized carbons (Fsp3) is 0.111. The summed E-state index contributed by atoms with van der Waals surface area (Å²) in [5.41, 5.74) is 2.53. The Morgan fingerprint density at radius 1 is 1.31 bits per heavy atom. The molecule has 1 aliphatic heterocycles. The number of hydrogen-bond donors (Lipinski definition) is 2. The van der Waals surface area contributed by atoms with E-state index in [-0.39, 0.29) is 11.7 Å². The van der Waals surface area contributed by atoms with Gasteiger partial charge >= 0.3 is 0 Å². The summed E-state index contributed by atoms with van der Waals surface area (Å²) in [5, 5.41) is 5.99. The van der Waals surface area contributed by atoms with Crippen LogP contribution in [0.1, 0.15) is 10.4 Å². The van der Waals surface area contributed by atoms with Crippen LogP contribution in [-0.4, -0.2) is 11.7 Å². The Balaban J connectivity index is 2.36. The third-order valence-electron chi connectivity index (χ3n) is 1.92. The number of carbonyl (C=O) groups excluding carboxylic acids is 1. The van der Waals surface area contributed by atoms with Gasteiger partial charge in [-0.2, -0.15) is 0 Å². The summed E-state index contributed by atoms with van der Waals surface area (Å²) in [4.78, 5) is 11.2. The highest BCUT2D eigenvalue weighted by Gasteiger charge is 2.12. The minimum absolute atomic E-state index is 0.0237. The fourth-order valence-electron chi connectivity index (χ4n) is 1.23. The van der Waals surface area contributed by atoms with Crippen LogP contribution in [0.3, 0.4) is 0 Å². The zero-order chi connectivity index (χ0) is 9.26. The van der Waals surface area contributed by atoms with Crippen LogP contribution in [0.5, 0.6) is 0 Å².